The van der Waals surface area contributed by atoms with Gasteiger partial charge in [-0.05, 0) is 49.6 Å². The van der Waals surface area contributed by atoms with Crippen LogP contribution in [0.3, 0.4) is 0 Å². The van der Waals surface area contributed by atoms with Crippen LogP contribution >= 0.6 is 11.3 Å². The molecular formula is C13H20N2O3S. The molecular weight excluding hydrogens is 264 g/mol. The van der Waals surface area contributed by atoms with Crippen molar-refractivity contribution in [2.75, 3.05) is 13.1 Å². The summed E-state index contributed by atoms with van der Waals surface area (Å²) in [4.78, 5) is 24.1. The number of rotatable bonds is 5. The number of nitrogens with one attached hydrogen (secondary N) is 1. The van der Waals surface area contributed by atoms with Crippen molar-refractivity contribution in [2.24, 2.45) is 0 Å². The van der Waals surface area contributed by atoms with Crippen LogP contribution in [0.1, 0.15) is 26.3 Å². The molecule has 1 aromatic rings. The minimum atomic E-state index is -1.01. The van der Waals surface area contributed by atoms with E-state index in [0.717, 1.165) is 6.42 Å². The Morgan fingerprint density at radius 2 is 2.11 bits per heavy atom. The van der Waals surface area contributed by atoms with Crippen LogP contribution < -0.4 is 5.32 Å². The van der Waals surface area contributed by atoms with Gasteiger partial charge in [0.2, 0.25) is 0 Å². The molecule has 0 saturated heterocycles. The first-order valence-corrected chi connectivity index (χ1v) is 7.03. The monoisotopic (exact) mass is 284 g/mol. The highest BCUT2D eigenvalue weighted by Crippen LogP contribution is 2.13. The van der Waals surface area contributed by atoms with E-state index in [0.29, 0.717) is 6.54 Å². The highest BCUT2D eigenvalue weighted by molar-refractivity contribution is 7.07. The van der Waals surface area contributed by atoms with Gasteiger partial charge >= 0.3 is 12.0 Å². The smallest absolute Gasteiger partial charge is 0.323 e. The lowest BCUT2D eigenvalue weighted by Crippen LogP contribution is -2.52. The molecule has 0 saturated carbocycles. The second-order valence-electron chi connectivity index (χ2n) is 5.26. The van der Waals surface area contributed by atoms with Gasteiger partial charge in [-0.15, -0.1) is 0 Å². The SMILES string of the molecule is CC(C)(C)N(CC(=O)O)C(=O)NCCc1ccsc1. The van der Waals surface area contributed by atoms with E-state index in [9.17, 15) is 9.59 Å². The first kappa shape index (κ1) is 15.5. The van der Waals surface area contributed by atoms with Gasteiger partial charge in [-0.2, -0.15) is 11.3 Å². The zero-order valence-corrected chi connectivity index (χ0v) is 12.3. The van der Waals surface area contributed by atoms with Gasteiger partial charge in [-0.1, -0.05) is 0 Å². The zero-order chi connectivity index (χ0) is 14.5. The van der Waals surface area contributed by atoms with Crippen LogP contribution in [-0.4, -0.2) is 40.6 Å². The fourth-order valence-electron chi connectivity index (χ4n) is 1.59. The van der Waals surface area contributed by atoms with Crippen LogP contribution in [0.15, 0.2) is 16.8 Å². The second kappa shape index (κ2) is 6.56. The van der Waals surface area contributed by atoms with Gasteiger partial charge in [0, 0.05) is 12.1 Å². The largest absolute Gasteiger partial charge is 0.480 e. The predicted molar refractivity (Wildman–Crippen MR) is 75.5 cm³/mol. The van der Waals surface area contributed by atoms with Crippen LogP contribution in [0.2, 0.25) is 0 Å². The Labute approximate surface area is 117 Å². The number of amides is 2. The van der Waals surface area contributed by atoms with Crippen LogP contribution in [-0.2, 0) is 11.2 Å². The van der Waals surface area contributed by atoms with Gasteiger partial charge in [0.25, 0.3) is 0 Å². The number of urea groups is 1. The molecule has 6 heteroatoms. The molecule has 0 bridgehead atoms. The van der Waals surface area contributed by atoms with Crippen LogP contribution in [0.5, 0.6) is 0 Å². The Bertz CT molecular complexity index is 424. The number of thiophene rings is 1. The third kappa shape index (κ3) is 5.30. The predicted octanol–water partition coefficient (Wildman–Crippen LogP) is 2.19. The quantitative estimate of drug-likeness (QED) is 0.870. The number of carboxylic acid groups (broad SMARTS) is 1. The molecule has 2 N–H and O–H groups in total. The summed E-state index contributed by atoms with van der Waals surface area (Å²) in [7, 11) is 0. The summed E-state index contributed by atoms with van der Waals surface area (Å²) in [6, 6.07) is 1.67. The summed E-state index contributed by atoms with van der Waals surface area (Å²) in [5, 5.41) is 15.6. The maximum Gasteiger partial charge on any atom is 0.323 e. The molecule has 0 aliphatic heterocycles. The van der Waals surface area contributed by atoms with Crippen molar-refractivity contribution in [1.29, 1.82) is 0 Å². The lowest BCUT2D eigenvalue weighted by molar-refractivity contribution is -0.138. The van der Waals surface area contributed by atoms with Crippen molar-refractivity contribution in [1.82, 2.24) is 10.2 Å². The third-order valence-corrected chi connectivity index (χ3v) is 3.35. The van der Waals surface area contributed by atoms with Gasteiger partial charge < -0.3 is 15.3 Å². The molecule has 2 amide bonds. The highest BCUT2D eigenvalue weighted by Gasteiger charge is 2.28. The van der Waals surface area contributed by atoms with Crippen LogP contribution in [0.4, 0.5) is 4.79 Å². The van der Waals surface area contributed by atoms with Gasteiger partial charge in [0.1, 0.15) is 6.54 Å². The molecule has 19 heavy (non-hydrogen) atoms. The highest BCUT2D eigenvalue weighted by atomic mass is 32.1. The number of nitrogens with zero attached hydrogens (tertiary/aromatic N) is 1. The van der Waals surface area contributed by atoms with Gasteiger partial charge in [-0.25, -0.2) is 4.79 Å². The lowest BCUT2D eigenvalue weighted by atomic mass is 10.1. The third-order valence-electron chi connectivity index (χ3n) is 2.62. The van der Waals surface area contributed by atoms with Crippen LogP contribution in [0, 0.1) is 0 Å². The number of carboxylic acids is 1. The Morgan fingerprint density at radius 1 is 1.42 bits per heavy atom. The van der Waals surface area contributed by atoms with E-state index in [2.05, 4.69) is 5.32 Å². The molecule has 5 nitrogen and oxygen atoms in total. The summed E-state index contributed by atoms with van der Waals surface area (Å²) >= 11 is 1.62. The summed E-state index contributed by atoms with van der Waals surface area (Å²) in [6.07, 6.45) is 0.750. The molecule has 0 aromatic carbocycles. The summed E-state index contributed by atoms with van der Waals surface area (Å²) in [5.74, 6) is -1.01. The van der Waals surface area contributed by atoms with Crippen molar-refractivity contribution in [2.45, 2.75) is 32.7 Å². The van der Waals surface area contributed by atoms with Crippen molar-refractivity contribution < 1.29 is 14.7 Å². The maximum atomic E-state index is 12.0. The van der Waals surface area contributed by atoms with E-state index >= 15 is 0 Å². The molecule has 0 radical (unpaired) electrons. The maximum absolute atomic E-state index is 12.0. The first-order valence-electron chi connectivity index (χ1n) is 6.09. The van der Waals surface area contributed by atoms with Gasteiger partial charge in [0.15, 0.2) is 0 Å². The van der Waals surface area contributed by atoms with E-state index < -0.39 is 11.5 Å². The van der Waals surface area contributed by atoms with Gasteiger partial charge in [0.05, 0.1) is 0 Å². The molecule has 0 atom stereocenters. The number of hydrogen-bond donors (Lipinski definition) is 2. The lowest BCUT2D eigenvalue weighted by Gasteiger charge is -2.34. The normalized spacial score (nSPS) is 11.1. The Balaban J connectivity index is 2.50. The Kier molecular flexibility index (Phi) is 5.35. The summed E-state index contributed by atoms with van der Waals surface area (Å²) < 4.78 is 0. The fourth-order valence-corrected chi connectivity index (χ4v) is 2.30. The number of carbonyl (C=O) groups is 2. The van der Waals surface area contributed by atoms with Crippen molar-refractivity contribution in [3.63, 3.8) is 0 Å². The number of hydrogen-bond acceptors (Lipinski definition) is 3. The molecule has 0 unspecified atom stereocenters. The molecule has 1 aromatic heterocycles. The molecule has 1 heterocycles. The fraction of sp³-hybridized carbons (Fsp3) is 0.538. The standard InChI is InChI=1S/C13H20N2O3S/c1-13(2,3)15(8-11(16)17)12(18)14-6-4-10-5-7-19-9-10/h5,7,9H,4,6,8H2,1-3H3,(H,14,18)(H,16,17). The molecule has 1 rings (SSSR count). The van der Waals surface area contributed by atoms with E-state index in [4.69, 9.17) is 5.11 Å². The van der Waals surface area contributed by atoms with Crippen molar-refractivity contribution in [3.8, 4) is 0 Å². The van der Waals surface area contributed by atoms with Crippen molar-refractivity contribution >= 4 is 23.3 Å². The minimum Gasteiger partial charge on any atom is -0.480 e. The van der Waals surface area contributed by atoms with E-state index in [1.807, 2.05) is 37.6 Å². The second-order valence-corrected chi connectivity index (χ2v) is 6.04. The number of aliphatic carboxylic acids is 1. The van der Waals surface area contributed by atoms with E-state index in [1.54, 1.807) is 11.3 Å². The van der Waals surface area contributed by atoms with Gasteiger partial charge in [-0.3, -0.25) is 4.79 Å². The van der Waals surface area contributed by atoms with Crippen LogP contribution in [0.25, 0.3) is 0 Å². The average Bonchev–Trinajstić information content (AvgIpc) is 2.77. The summed E-state index contributed by atoms with van der Waals surface area (Å²) in [5.41, 5.74) is 0.649. The molecule has 0 fully saturated rings. The Morgan fingerprint density at radius 3 is 2.58 bits per heavy atom. The molecule has 0 spiro atoms. The Hall–Kier alpha value is -1.56. The van der Waals surface area contributed by atoms with E-state index in [-0.39, 0.29) is 12.6 Å². The molecule has 0 aliphatic carbocycles. The molecule has 0 aliphatic rings. The minimum absolute atomic E-state index is 0.298. The average molecular weight is 284 g/mol. The number of carbonyl (C=O) groups excluding carboxylic acids is 1. The first-order chi connectivity index (χ1) is 8.80. The topological polar surface area (TPSA) is 69.6 Å². The molecule has 106 valence electrons. The van der Waals surface area contributed by atoms with Crippen molar-refractivity contribution in [3.05, 3.63) is 22.4 Å². The summed E-state index contributed by atoms with van der Waals surface area (Å²) in [6.45, 7) is 5.65. The zero-order valence-electron chi connectivity index (χ0n) is 11.5. The van der Waals surface area contributed by atoms with E-state index in [1.165, 1.54) is 10.5 Å².